The van der Waals surface area contributed by atoms with E-state index in [0.717, 1.165) is 41.2 Å². The highest BCUT2D eigenvalue weighted by Gasteiger charge is 2.21. The SMILES string of the molecule is COc1ccc(NC(=O)c2sc3nc4c(cc3c2N)CN(C)CC4)cc1. The van der Waals surface area contributed by atoms with Crippen LogP contribution in [0.1, 0.15) is 20.9 Å². The fourth-order valence-electron chi connectivity index (χ4n) is 3.17. The standard InChI is InChI=1S/C19H20N4O2S/c1-23-8-7-15-11(10-23)9-14-16(20)17(26-19(14)22-15)18(24)21-12-3-5-13(25-2)6-4-12/h3-6,9H,7-8,10,20H2,1-2H3,(H,21,24). The highest BCUT2D eigenvalue weighted by molar-refractivity contribution is 7.21. The first-order valence-corrected chi connectivity index (χ1v) is 9.21. The van der Waals surface area contributed by atoms with E-state index in [1.165, 1.54) is 16.9 Å². The molecule has 134 valence electrons. The minimum atomic E-state index is -0.217. The molecule has 0 aliphatic carbocycles. The molecule has 4 rings (SSSR count). The average molecular weight is 368 g/mol. The number of hydrogen-bond acceptors (Lipinski definition) is 6. The Morgan fingerprint density at radius 3 is 2.85 bits per heavy atom. The molecule has 1 aliphatic rings. The zero-order valence-corrected chi connectivity index (χ0v) is 15.5. The van der Waals surface area contributed by atoms with E-state index in [4.69, 9.17) is 15.5 Å². The minimum Gasteiger partial charge on any atom is -0.497 e. The molecule has 7 heteroatoms. The third-order valence-electron chi connectivity index (χ3n) is 4.61. The molecule has 0 radical (unpaired) electrons. The van der Waals surface area contributed by atoms with Crippen LogP contribution in [0.3, 0.4) is 0 Å². The Hall–Kier alpha value is -2.64. The van der Waals surface area contributed by atoms with Gasteiger partial charge in [-0.3, -0.25) is 4.79 Å². The number of ether oxygens (including phenoxy) is 1. The van der Waals surface area contributed by atoms with Crippen LogP contribution in [-0.4, -0.2) is 36.5 Å². The highest BCUT2D eigenvalue weighted by atomic mass is 32.1. The van der Waals surface area contributed by atoms with Crippen molar-refractivity contribution in [2.45, 2.75) is 13.0 Å². The van der Waals surface area contributed by atoms with Gasteiger partial charge in [-0.15, -0.1) is 11.3 Å². The van der Waals surface area contributed by atoms with Gasteiger partial charge in [0.05, 0.1) is 12.8 Å². The summed E-state index contributed by atoms with van der Waals surface area (Å²) in [7, 11) is 3.70. The monoisotopic (exact) mass is 368 g/mol. The van der Waals surface area contributed by atoms with Crippen molar-refractivity contribution in [3.63, 3.8) is 0 Å². The number of hydrogen-bond donors (Lipinski definition) is 2. The number of nitrogen functional groups attached to an aromatic ring is 1. The number of nitrogens with one attached hydrogen (secondary N) is 1. The van der Waals surface area contributed by atoms with Gasteiger partial charge in [-0.05, 0) is 42.9 Å². The van der Waals surface area contributed by atoms with Crippen LogP contribution in [0.15, 0.2) is 30.3 Å². The number of carbonyl (C=O) groups excluding carboxylic acids is 1. The van der Waals surface area contributed by atoms with Crippen molar-refractivity contribution in [2.75, 3.05) is 31.8 Å². The van der Waals surface area contributed by atoms with Crippen LogP contribution < -0.4 is 15.8 Å². The summed E-state index contributed by atoms with van der Waals surface area (Å²) < 4.78 is 5.13. The average Bonchev–Trinajstić information content (AvgIpc) is 2.96. The Bertz CT molecular complexity index is 981. The zero-order valence-electron chi connectivity index (χ0n) is 14.7. The summed E-state index contributed by atoms with van der Waals surface area (Å²) in [5.41, 5.74) is 9.78. The van der Waals surface area contributed by atoms with E-state index in [9.17, 15) is 4.79 Å². The van der Waals surface area contributed by atoms with Crippen molar-refractivity contribution in [1.82, 2.24) is 9.88 Å². The van der Waals surface area contributed by atoms with Gasteiger partial charge in [0.1, 0.15) is 15.5 Å². The number of likely N-dealkylation sites (N-methyl/N-ethyl adjacent to an activating group) is 1. The van der Waals surface area contributed by atoms with Crippen molar-refractivity contribution in [3.05, 3.63) is 46.5 Å². The number of benzene rings is 1. The van der Waals surface area contributed by atoms with E-state index in [0.29, 0.717) is 16.3 Å². The van der Waals surface area contributed by atoms with Crippen molar-refractivity contribution in [3.8, 4) is 5.75 Å². The van der Waals surface area contributed by atoms with E-state index in [2.05, 4.69) is 23.3 Å². The smallest absolute Gasteiger partial charge is 0.267 e. The van der Waals surface area contributed by atoms with Gasteiger partial charge in [0.25, 0.3) is 5.91 Å². The number of anilines is 2. The molecular formula is C19H20N4O2S. The fourth-order valence-corrected chi connectivity index (χ4v) is 4.16. The second-order valence-corrected chi connectivity index (χ2v) is 7.46. The summed E-state index contributed by atoms with van der Waals surface area (Å²) in [5, 5.41) is 3.75. The van der Waals surface area contributed by atoms with Crippen LogP contribution in [0.5, 0.6) is 5.75 Å². The number of rotatable bonds is 3. The number of carbonyl (C=O) groups is 1. The lowest BCUT2D eigenvalue weighted by Gasteiger charge is -2.24. The molecule has 26 heavy (non-hydrogen) atoms. The first kappa shape index (κ1) is 16.8. The molecular weight excluding hydrogens is 348 g/mol. The van der Waals surface area contributed by atoms with Gasteiger partial charge < -0.3 is 20.7 Å². The first-order chi connectivity index (χ1) is 12.5. The van der Waals surface area contributed by atoms with Crippen LogP contribution in [0.4, 0.5) is 11.4 Å². The molecule has 1 amide bonds. The van der Waals surface area contributed by atoms with E-state index in [1.54, 1.807) is 31.4 Å². The number of nitrogens with two attached hydrogens (primary N) is 1. The Kier molecular flexibility index (Phi) is 4.26. The second-order valence-electron chi connectivity index (χ2n) is 6.46. The largest absolute Gasteiger partial charge is 0.497 e. The molecule has 6 nitrogen and oxygen atoms in total. The molecule has 1 aromatic carbocycles. The lowest BCUT2D eigenvalue weighted by Crippen LogP contribution is -2.27. The van der Waals surface area contributed by atoms with Gasteiger partial charge in [0, 0.05) is 36.3 Å². The fraction of sp³-hybridized carbons (Fsp3) is 0.263. The topological polar surface area (TPSA) is 80.5 Å². The van der Waals surface area contributed by atoms with Gasteiger partial charge >= 0.3 is 0 Å². The van der Waals surface area contributed by atoms with Crippen LogP contribution in [0, 0.1) is 0 Å². The summed E-state index contributed by atoms with van der Waals surface area (Å²) >= 11 is 1.35. The van der Waals surface area contributed by atoms with Gasteiger partial charge in [-0.1, -0.05) is 0 Å². The van der Waals surface area contributed by atoms with E-state index in [-0.39, 0.29) is 5.91 Å². The lowest BCUT2D eigenvalue weighted by molar-refractivity contribution is 0.103. The van der Waals surface area contributed by atoms with Crippen molar-refractivity contribution in [2.24, 2.45) is 0 Å². The predicted octanol–water partition coefficient (Wildman–Crippen LogP) is 3.13. The summed E-state index contributed by atoms with van der Waals surface area (Å²) in [4.78, 5) is 21.0. The summed E-state index contributed by atoms with van der Waals surface area (Å²) in [6, 6.07) is 9.29. The molecule has 2 aromatic heterocycles. The molecule has 3 aromatic rings. The third-order valence-corrected chi connectivity index (χ3v) is 5.73. The van der Waals surface area contributed by atoms with E-state index in [1.807, 2.05) is 0 Å². The highest BCUT2D eigenvalue weighted by Crippen LogP contribution is 2.35. The minimum absolute atomic E-state index is 0.217. The van der Waals surface area contributed by atoms with Crippen molar-refractivity contribution in [1.29, 1.82) is 0 Å². The molecule has 0 saturated heterocycles. The molecule has 0 atom stereocenters. The number of methoxy groups -OCH3 is 1. The summed E-state index contributed by atoms with van der Waals surface area (Å²) in [5.74, 6) is 0.523. The number of nitrogens with zero attached hydrogens (tertiary/aromatic N) is 2. The molecule has 3 heterocycles. The van der Waals surface area contributed by atoms with Crippen LogP contribution in [-0.2, 0) is 13.0 Å². The summed E-state index contributed by atoms with van der Waals surface area (Å²) in [6.45, 7) is 1.86. The van der Waals surface area contributed by atoms with Crippen LogP contribution in [0.2, 0.25) is 0 Å². The third kappa shape index (κ3) is 3.00. The number of pyridine rings is 1. The maximum atomic E-state index is 12.7. The maximum Gasteiger partial charge on any atom is 0.267 e. The van der Waals surface area contributed by atoms with Gasteiger partial charge in [0.2, 0.25) is 0 Å². The molecule has 0 unspecified atom stereocenters. The van der Waals surface area contributed by atoms with Crippen molar-refractivity contribution >= 4 is 38.8 Å². The Balaban J connectivity index is 1.65. The van der Waals surface area contributed by atoms with Crippen molar-refractivity contribution < 1.29 is 9.53 Å². The molecule has 0 spiro atoms. The van der Waals surface area contributed by atoms with E-state index < -0.39 is 0 Å². The molecule has 0 bridgehead atoms. The Morgan fingerprint density at radius 1 is 1.35 bits per heavy atom. The molecule has 3 N–H and O–H groups in total. The number of aromatic nitrogens is 1. The first-order valence-electron chi connectivity index (χ1n) is 8.40. The second kappa shape index (κ2) is 6.59. The number of fused-ring (bicyclic) bond motifs is 2. The Morgan fingerprint density at radius 2 is 2.12 bits per heavy atom. The van der Waals surface area contributed by atoms with Crippen LogP contribution >= 0.6 is 11.3 Å². The number of thiophene rings is 1. The van der Waals surface area contributed by atoms with Crippen LogP contribution in [0.25, 0.3) is 10.2 Å². The molecule has 0 saturated carbocycles. The zero-order chi connectivity index (χ0) is 18.3. The Labute approximate surface area is 155 Å². The normalized spacial score (nSPS) is 14.2. The van der Waals surface area contributed by atoms with Gasteiger partial charge in [-0.2, -0.15) is 0 Å². The number of amides is 1. The van der Waals surface area contributed by atoms with E-state index >= 15 is 0 Å². The maximum absolute atomic E-state index is 12.7. The lowest BCUT2D eigenvalue weighted by atomic mass is 10.0. The predicted molar refractivity (Wildman–Crippen MR) is 105 cm³/mol. The molecule has 1 aliphatic heterocycles. The van der Waals surface area contributed by atoms with Gasteiger partial charge in [0.15, 0.2) is 0 Å². The quantitative estimate of drug-likeness (QED) is 0.742. The summed E-state index contributed by atoms with van der Waals surface area (Å²) in [6.07, 6.45) is 0.924. The molecule has 0 fully saturated rings. The van der Waals surface area contributed by atoms with Gasteiger partial charge in [-0.25, -0.2) is 4.98 Å².